The standard InChI is InChI=1S/C10H14O2/c1-3-5-6-7-8-9-10(11)12-4-2/h3,5-8H,1,4,9H2,2H3. The highest BCUT2D eigenvalue weighted by Gasteiger charge is 1.94. The molecule has 0 heterocycles. The lowest BCUT2D eigenvalue weighted by molar-refractivity contribution is -0.142. The van der Waals surface area contributed by atoms with Crippen molar-refractivity contribution in [2.24, 2.45) is 0 Å². The molecule has 0 aromatic carbocycles. The minimum Gasteiger partial charge on any atom is -0.466 e. The second-order valence-electron chi connectivity index (χ2n) is 2.06. The molecule has 0 atom stereocenters. The molecule has 0 aromatic rings. The van der Waals surface area contributed by atoms with E-state index >= 15 is 0 Å². The van der Waals surface area contributed by atoms with Gasteiger partial charge in [0.15, 0.2) is 0 Å². The summed E-state index contributed by atoms with van der Waals surface area (Å²) in [7, 11) is 0. The van der Waals surface area contributed by atoms with Crippen LogP contribution in [-0.4, -0.2) is 12.6 Å². The van der Waals surface area contributed by atoms with Crippen LogP contribution >= 0.6 is 0 Å². The predicted molar refractivity (Wildman–Crippen MR) is 49.7 cm³/mol. The summed E-state index contributed by atoms with van der Waals surface area (Å²) in [6, 6.07) is 0. The lowest BCUT2D eigenvalue weighted by Crippen LogP contribution is -2.01. The Hall–Kier alpha value is -1.31. The van der Waals surface area contributed by atoms with Gasteiger partial charge in [-0.1, -0.05) is 37.0 Å². The van der Waals surface area contributed by atoms with Crippen LogP contribution in [0.4, 0.5) is 0 Å². The van der Waals surface area contributed by atoms with E-state index in [4.69, 9.17) is 4.74 Å². The first kappa shape index (κ1) is 10.7. The van der Waals surface area contributed by atoms with Crippen molar-refractivity contribution in [3.05, 3.63) is 37.0 Å². The molecular formula is C10H14O2. The van der Waals surface area contributed by atoms with Crippen LogP contribution in [0, 0.1) is 0 Å². The highest BCUT2D eigenvalue weighted by molar-refractivity contribution is 5.71. The molecule has 2 heteroatoms. The van der Waals surface area contributed by atoms with Crippen LogP contribution in [0.5, 0.6) is 0 Å². The molecule has 0 aliphatic rings. The third-order valence-corrected chi connectivity index (χ3v) is 1.08. The van der Waals surface area contributed by atoms with E-state index in [1.54, 1.807) is 31.2 Å². The number of carbonyl (C=O) groups excluding carboxylic acids is 1. The molecule has 0 spiro atoms. The van der Waals surface area contributed by atoms with Crippen molar-refractivity contribution < 1.29 is 9.53 Å². The molecule has 0 radical (unpaired) electrons. The predicted octanol–water partition coefficient (Wildman–Crippen LogP) is 2.24. The van der Waals surface area contributed by atoms with Crippen LogP contribution in [0.2, 0.25) is 0 Å². The van der Waals surface area contributed by atoms with Crippen LogP contribution < -0.4 is 0 Å². The molecule has 0 bridgehead atoms. The molecule has 0 saturated heterocycles. The molecule has 0 unspecified atom stereocenters. The number of rotatable bonds is 5. The summed E-state index contributed by atoms with van der Waals surface area (Å²) >= 11 is 0. The highest BCUT2D eigenvalue weighted by atomic mass is 16.5. The van der Waals surface area contributed by atoms with E-state index in [2.05, 4.69) is 6.58 Å². The Morgan fingerprint density at radius 3 is 2.75 bits per heavy atom. The summed E-state index contributed by atoms with van der Waals surface area (Å²) in [6.45, 7) is 5.74. The maximum atomic E-state index is 10.8. The Morgan fingerprint density at radius 1 is 1.42 bits per heavy atom. The first-order valence-electron chi connectivity index (χ1n) is 3.91. The second kappa shape index (κ2) is 7.79. The fourth-order valence-corrected chi connectivity index (χ4v) is 0.605. The van der Waals surface area contributed by atoms with E-state index < -0.39 is 0 Å². The van der Waals surface area contributed by atoms with E-state index in [1.165, 1.54) is 0 Å². The molecule has 0 aliphatic carbocycles. The first-order valence-corrected chi connectivity index (χ1v) is 3.91. The number of hydrogen-bond acceptors (Lipinski definition) is 2. The lowest BCUT2D eigenvalue weighted by atomic mass is 10.3. The van der Waals surface area contributed by atoms with Crippen molar-refractivity contribution in [2.75, 3.05) is 6.61 Å². The zero-order valence-electron chi connectivity index (χ0n) is 7.32. The lowest BCUT2D eigenvalue weighted by Gasteiger charge is -1.95. The molecule has 0 N–H and O–H groups in total. The van der Waals surface area contributed by atoms with Gasteiger partial charge in [-0.15, -0.1) is 0 Å². The topological polar surface area (TPSA) is 26.3 Å². The number of allylic oxidation sites excluding steroid dienone is 4. The summed E-state index contributed by atoms with van der Waals surface area (Å²) in [5.74, 6) is -0.194. The van der Waals surface area contributed by atoms with Gasteiger partial charge in [0, 0.05) is 0 Å². The van der Waals surface area contributed by atoms with Gasteiger partial charge in [-0.2, -0.15) is 0 Å². The SMILES string of the molecule is C=CC=CC=CCC(=O)OCC. The minimum absolute atomic E-state index is 0.194. The average molecular weight is 166 g/mol. The van der Waals surface area contributed by atoms with Gasteiger partial charge < -0.3 is 4.74 Å². The largest absolute Gasteiger partial charge is 0.466 e. The zero-order valence-corrected chi connectivity index (χ0v) is 7.32. The van der Waals surface area contributed by atoms with Gasteiger partial charge in [0.2, 0.25) is 0 Å². The van der Waals surface area contributed by atoms with Crippen LogP contribution in [-0.2, 0) is 9.53 Å². The second-order valence-corrected chi connectivity index (χ2v) is 2.06. The quantitative estimate of drug-likeness (QED) is 0.462. The normalized spacial score (nSPS) is 10.8. The highest BCUT2D eigenvalue weighted by Crippen LogP contribution is 1.88. The van der Waals surface area contributed by atoms with E-state index in [-0.39, 0.29) is 5.97 Å². The van der Waals surface area contributed by atoms with Crippen LogP contribution in [0.3, 0.4) is 0 Å². The van der Waals surface area contributed by atoms with E-state index in [0.717, 1.165) is 0 Å². The van der Waals surface area contributed by atoms with Crippen molar-refractivity contribution in [3.63, 3.8) is 0 Å². The fraction of sp³-hybridized carbons (Fsp3) is 0.300. The zero-order chi connectivity index (χ0) is 9.23. The van der Waals surface area contributed by atoms with Crippen molar-refractivity contribution >= 4 is 5.97 Å². The first-order chi connectivity index (χ1) is 5.81. The molecule has 0 amide bonds. The molecule has 0 aliphatic heterocycles. The number of carbonyl (C=O) groups is 1. The Labute approximate surface area is 73.2 Å². The van der Waals surface area contributed by atoms with Gasteiger partial charge in [0.1, 0.15) is 0 Å². The van der Waals surface area contributed by atoms with E-state index in [0.29, 0.717) is 13.0 Å². The monoisotopic (exact) mass is 166 g/mol. The van der Waals surface area contributed by atoms with Crippen molar-refractivity contribution in [1.29, 1.82) is 0 Å². The van der Waals surface area contributed by atoms with Crippen molar-refractivity contribution in [1.82, 2.24) is 0 Å². The molecule has 0 saturated carbocycles. The Bertz CT molecular complexity index is 190. The van der Waals surface area contributed by atoms with Crippen molar-refractivity contribution in [2.45, 2.75) is 13.3 Å². The maximum absolute atomic E-state index is 10.8. The van der Waals surface area contributed by atoms with Crippen LogP contribution in [0.15, 0.2) is 37.0 Å². The van der Waals surface area contributed by atoms with Crippen LogP contribution in [0.25, 0.3) is 0 Å². The van der Waals surface area contributed by atoms with Crippen LogP contribution in [0.1, 0.15) is 13.3 Å². The summed E-state index contributed by atoms with van der Waals surface area (Å²) in [5.41, 5.74) is 0. The molecule has 66 valence electrons. The summed E-state index contributed by atoms with van der Waals surface area (Å²) in [5, 5.41) is 0. The summed E-state index contributed by atoms with van der Waals surface area (Å²) < 4.78 is 4.71. The molecular weight excluding hydrogens is 152 g/mol. The van der Waals surface area contributed by atoms with Gasteiger partial charge in [-0.05, 0) is 6.92 Å². The molecule has 0 fully saturated rings. The van der Waals surface area contributed by atoms with Gasteiger partial charge in [0.25, 0.3) is 0 Å². The van der Waals surface area contributed by atoms with Gasteiger partial charge in [-0.3, -0.25) is 4.79 Å². The molecule has 12 heavy (non-hydrogen) atoms. The number of ether oxygens (including phenoxy) is 1. The third-order valence-electron chi connectivity index (χ3n) is 1.08. The number of esters is 1. The third kappa shape index (κ3) is 6.81. The van der Waals surface area contributed by atoms with E-state index in [9.17, 15) is 4.79 Å². The smallest absolute Gasteiger partial charge is 0.309 e. The Morgan fingerprint density at radius 2 is 2.17 bits per heavy atom. The van der Waals surface area contributed by atoms with Crippen molar-refractivity contribution in [3.8, 4) is 0 Å². The summed E-state index contributed by atoms with van der Waals surface area (Å²) in [6.07, 6.45) is 9.15. The molecule has 0 aromatic heterocycles. The average Bonchev–Trinajstić information content (AvgIpc) is 2.05. The van der Waals surface area contributed by atoms with Gasteiger partial charge in [-0.25, -0.2) is 0 Å². The molecule has 2 nitrogen and oxygen atoms in total. The maximum Gasteiger partial charge on any atom is 0.309 e. The summed E-state index contributed by atoms with van der Waals surface area (Å²) in [4.78, 5) is 10.8. The fourth-order valence-electron chi connectivity index (χ4n) is 0.605. The Balaban J connectivity index is 3.52. The minimum atomic E-state index is -0.194. The van der Waals surface area contributed by atoms with E-state index in [1.807, 2.05) is 6.08 Å². The molecule has 0 rings (SSSR count). The van der Waals surface area contributed by atoms with Gasteiger partial charge in [0.05, 0.1) is 13.0 Å². The Kier molecular flexibility index (Phi) is 6.94. The number of hydrogen-bond donors (Lipinski definition) is 0. The van der Waals surface area contributed by atoms with Gasteiger partial charge >= 0.3 is 5.97 Å².